The van der Waals surface area contributed by atoms with Gasteiger partial charge in [-0.15, -0.1) is 0 Å². The van der Waals surface area contributed by atoms with Gasteiger partial charge in [0.25, 0.3) is 0 Å². The topological polar surface area (TPSA) is 75.8 Å². The number of ether oxygens (including phenoxy) is 1. The number of benzene rings is 1. The van der Waals surface area contributed by atoms with Crippen molar-refractivity contribution in [2.75, 3.05) is 36.9 Å². The number of nitrogens with zero attached hydrogens (tertiary/aromatic N) is 1. The molecule has 0 aromatic heterocycles. The van der Waals surface area contributed by atoms with Gasteiger partial charge in [-0.2, -0.15) is 13.2 Å². The fourth-order valence-electron chi connectivity index (χ4n) is 1.82. The van der Waals surface area contributed by atoms with E-state index < -0.39 is 25.3 Å². The number of alkyl halides is 3. The first-order valence-corrected chi connectivity index (χ1v) is 6.27. The van der Waals surface area contributed by atoms with E-state index in [-0.39, 0.29) is 30.1 Å². The van der Waals surface area contributed by atoms with Crippen LogP contribution in [-0.2, 0) is 4.74 Å². The molecule has 0 saturated carbocycles. The molecule has 0 radical (unpaired) electrons. The Morgan fingerprint density at radius 3 is 2.62 bits per heavy atom. The lowest BCUT2D eigenvalue weighted by Gasteiger charge is -2.27. The second kappa shape index (κ2) is 7.16. The molecule has 0 fully saturated rings. The third-order valence-electron chi connectivity index (χ3n) is 2.60. The van der Waals surface area contributed by atoms with Gasteiger partial charge in [0.05, 0.1) is 24.5 Å². The summed E-state index contributed by atoms with van der Waals surface area (Å²) in [6.45, 7) is -0.361. The summed E-state index contributed by atoms with van der Waals surface area (Å²) in [5.41, 5.74) is 5.76. The molecule has 0 atom stereocenters. The Labute approximate surface area is 120 Å². The second-order valence-electron chi connectivity index (χ2n) is 4.26. The van der Waals surface area contributed by atoms with Crippen molar-refractivity contribution in [1.29, 1.82) is 0 Å². The van der Waals surface area contributed by atoms with Crippen molar-refractivity contribution in [2.45, 2.75) is 13.1 Å². The molecule has 1 aromatic rings. The zero-order valence-electron chi connectivity index (χ0n) is 11.5. The van der Waals surface area contributed by atoms with Gasteiger partial charge in [-0.3, -0.25) is 0 Å². The van der Waals surface area contributed by atoms with Gasteiger partial charge in [-0.25, -0.2) is 4.79 Å². The molecule has 0 saturated heterocycles. The van der Waals surface area contributed by atoms with Gasteiger partial charge in [0.1, 0.15) is 6.54 Å². The van der Waals surface area contributed by atoms with Gasteiger partial charge < -0.3 is 20.5 Å². The number of aliphatic hydroxyl groups is 1. The Balaban J connectivity index is 3.20. The molecule has 1 rings (SSSR count). The van der Waals surface area contributed by atoms with Gasteiger partial charge in [0.2, 0.25) is 0 Å². The number of nitrogen functional groups attached to an aromatic ring is 1. The molecule has 3 N–H and O–H groups in total. The van der Waals surface area contributed by atoms with Crippen LogP contribution >= 0.6 is 0 Å². The highest BCUT2D eigenvalue weighted by Crippen LogP contribution is 2.27. The summed E-state index contributed by atoms with van der Waals surface area (Å²) in [6, 6.07) is 3.95. The van der Waals surface area contributed by atoms with E-state index in [1.54, 1.807) is 6.92 Å². The maximum atomic E-state index is 12.6. The van der Waals surface area contributed by atoms with Crippen molar-refractivity contribution in [3.8, 4) is 0 Å². The molecule has 0 unspecified atom stereocenters. The molecule has 0 amide bonds. The summed E-state index contributed by atoms with van der Waals surface area (Å²) in [6.07, 6.45) is -4.47. The normalized spacial score (nSPS) is 11.3. The van der Waals surface area contributed by atoms with Gasteiger partial charge in [0, 0.05) is 12.2 Å². The van der Waals surface area contributed by atoms with E-state index in [0.29, 0.717) is 0 Å². The molecule has 0 aliphatic carbocycles. The van der Waals surface area contributed by atoms with Gasteiger partial charge in [-0.05, 0) is 25.1 Å². The van der Waals surface area contributed by atoms with Crippen molar-refractivity contribution in [2.24, 2.45) is 0 Å². The molecule has 0 aliphatic heterocycles. The number of hydrogen-bond donors (Lipinski definition) is 2. The van der Waals surface area contributed by atoms with Crippen LogP contribution in [0.15, 0.2) is 18.2 Å². The van der Waals surface area contributed by atoms with E-state index in [1.807, 2.05) is 0 Å². The smallest absolute Gasteiger partial charge is 0.405 e. The van der Waals surface area contributed by atoms with Crippen LogP contribution in [0.4, 0.5) is 24.5 Å². The van der Waals surface area contributed by atoms with Crippen LogP contribution < -0.4 is 10.6 Å². The molecule has 21 heavy (non-hydrogen) atoms. The molecule has 118 valence electrons. The van der Waals surface area contributed by atoms with E-state index >= 15 is 0 Å². The van der Waals surface area contributed by atoms with Crippen molar-refractivity contribution < 1.29 is 27.8 Å². The number of aliphatic hydroxyl groups excluding tert-OH is 1. The number of hydrogen-bond acceptors (Lipinski definition) is 5. The largest absolute Gasteiger partial charge is 0.462 e. The van der Waals surface area contributed by atoms with Crippen LogP contribution in [-0.4, -0.2) is 43.6 Å². The molecular formula is C13H17F3N2O3. The molecule has 8 heteroatoms. The van der Waals surface area contributed by atoms with Crippen LogP contribution in [0.3, 0.4) is 0 Å². The lowest BCUT2D eigenvalue weighted by atomic mass is 10.1. The monoisotopic (exact) mass is 306 g/mol. The molecule has 5 nitrogen and oxygen atoms in total. The number of nitrogens with two attached hydrogens (primary N) is 1. The highest BCUT2D eigenvalue weighted by molar-refractivity contribution is 5.97. The Morgan fingerprint density at radius 2 is 2.10 bits per heavy atom. The Bertz CT molecular complexity index is 492. The first-order chi connectivity index (χ1) is 9.78. The third kappa shape index (κ3) is 5.14. The highest BCUT2D eigenvalue weighted by Gasteiger charge is 2.32. The van der Waals surface area contributed by atoms with Gasteiger partial charge >= 0.3 is 12.1 Å². The van der Waals surface area contributed by atoms with Crippen molar-refractivity contribution in [3.63, 3.8) is 0 Å². The standard InChI is InChI=1S/C13H17F3N2O3/c1-2-21-12(20)10-7-9(17)3-4-11(10)18(5-6-19)8-13(14,15)16/h3-4,7,19H,2,5-6,8,17H2,1H3. The van der Waals surface area contributed by atoms with E-state index in [0.717, 1.165) is 4.90 Å². The van der Waals surface area contributed by atoms with E-state index in [1.165, 1.54) is 18.2 Å². The van der Waals surface area contributed by atoms with Crippen molar-refractivity contribution in [1.82, 2.24) is 0 Å². The first-order valence-electron chi connectivity index (χ1n) is 6.27. The zero-order valence-corrected chi connectivity index (χ0v) is 11.5. The van der Waals surface area contributed by atoms with E-state index in [4.69, 9.17) is 15.6 Å². The van der Waals surface area contributed by atoms with Crippen molar-refractivity contribution in [3.05, 3.63) is 23.8 Å². The number of rotatable bonds is 6. The van der Waals surface area contributed by atoms with E-state index in [2.05, 4.69) is 0 Å². The zero-order chi connectivity index (χ0) is 16.0. The lowest BCUT2D eigenvalue weighted by Crippen LogP contribution is -2.37. The number of halogens is 3. The first kappa shape index (κ1) is 17.1. The lowest BCUT2D eigenvalue weighted by molar-refractivity contribution is -0.119. The van der Waals surface area contributed by atoms with Crippen LogP contribution in [0, 0.1) is 0 Å². The predicted molar refractivity (Wildman–Crippen MR) is 72.2 cm³/mol. The average molecular weight is 306 g/mol. The van der Waals surface area contributed by atoms with E-state index in [9.17, 15) is 18.0 Å². The molecular weight excluding hydrogens is 289 g/mol. The van der Waals surface area contributed by atoms with Crippen LogP contribution in [0.25, 0.3) is 0 Å². The summed E-state index contributed by atoms with van der Waals surface area (Å²) in [5.74, 6) is -0.759. The van der Waals surface area contributed by atoms with Crippen LogP contribution in [0.2, 0.25) is 0 Å². The summed E-state index contributed by atoms with van der Waals surface area (Å²) >= 11 is 0. The van der Waals surface area contributed by atoms with Gasteiger partial charge in [-0.1, -0.05) is 0 Å². The molecule has 0 bridgehead atoms. The molecule has 1 aromatic carbocycles. The Morgan fingerprint density at radius 1 is 1.43 bits per heavy atom. The average Bonchev–Trinajstić information content (AvgIpc) is 2.37. The quantitative estimate of drug-likeness (QED) is 0.619. The number of anilines is 2. The van der Waals surface area contributed by atoms with Crippen LogP contribution in [0.5, 0.6) is 0 Å². The molecule has 0 spiro atoms. The minimum absolute atomic E-state index is 0.0222. The SMILES string of the molecule is CCOC(=O)c1cc(N)ccc1N(CCO)CC(F)(F)F. The fraction of sp³-hybridized carbons (Fsp3) is 0.462. The molecule has 0 aliphatic rings. The third-order valence-corrected chi connectivity index (χ3v) is 2.60. The maximum Gasteiger partial charge on any atom is 0.405 e. The summed E-state index contributed by atoms with van der Waals surface area (Å²) in [5, 5.41) is 8.93. The fourth-order valence-corrected chi connectivity index (χ4v) is 1.82. The number of carbonyl (C=O) groups is 1. The van der Waals surface area contributed by atoms with Crippen molar-refractivity contribution >= 4 is 17.3 Å². The minimum Gasteiger partial charge on any atom is -0.462 e. The predicted octanol–water partition coefficient (Wildman–Crippen LogP) is 1.81. The highest BCUT2D eigenvalue weighted by atomic mass is 19.4. The number of esters is 1. The summed E-state index contributed by atoms with van der Waals surface area (Å²) in [7, 11) is 0. The maximum absolute atomic E-state index is 12.6. The van der Waals surface area contributed by atoms with Crippen LogP contribution in [0.1, 0.15) is 17.3 Å². The summed E-state index contributed by atoms with van der Waals surface area (Å²) in [4.78, 5) is 12.7. The number of carbonyl (C=O) groups excluding carboxylic acids is 1. The molecule has 0 heterocycles. The minimum atomic E-state index is -4.47. The second-order valence-corrected chi connectivity index (χ2v) is 4.26. The van der Waals surface area contributed by atoms with Gasteiger partial charge in [0.15, 0.2) is 0 Å². The summed E-state index contributed by atoms with van der Waals surface area (Å²) < 4.78 is 42.6. The Kier molecular flexibility index (Phi) is 5.83. The Hall–Kier alpha value is -1.96.